The van der Waals surface area contributed by atoms with Crippen LogP contribution in [0.15, 0.2) is 89.8 Å². The number of thiocarbonyl (C=S) groups is 1. The topological polar surface area (TPSA) is 78.5 Å². The summed E-state index contributed by atoms with van der Waals surface area (Å²) in [7, 11) is -3.71. The van der Waals surface area contributed by atoms with Crippen molar-refractivity contribution >= 4 is 50.7 Å². The van der Waals surface area contributed by atoms with Crippen LogP contribution in [0.2, 0.25) is 0 Å². The van der Waals surface area contributed by atoms with Crippen LogP contribution in [0.25, 0.3) is 6.08 Å². The van der Waals surface area contributed by atoms with Crippen LogP contribution in [0.5, 0.6) is 0 Å². The number of carbonyl (C=O) groups excluding carboxylic acids is 1. The Bertz CT molecular complexity index is 1240. The van der Waals surface area contributed by atoms with Gasteiger partial charge in [-0.15, -0.1) is 0 Å². The third kappa shape index (κ3) is 6.50. The Morgan fingerprint density at radius 2 is 1.61 bits per heavy atom. The van der Waals surface area contributed by atoms with Crippen LogP contribution in [-0.2, 0) is 14.8 Å². The summed E-state index contributed by atoms with van der Waals surface area (Å²) in [4.78, 5) is 12.3. The van der Waals surface area contributed by atoms with Gasteiger partial charge < -0.3 is 5.32 Å². The molecule has 0 spiro atoms. The van der Waals surface area contributed by atoms with Crippen LogP contribution in [0.4, 0.5) is 11.4 Å². The molecule has 0 aliphatic heterocycles. The van der Waals surface area contributed by atoms with E-state index in [1.165, 1.54) is 22.5 Å². The first-order valence-electron chi connectivity index (χ1n) is 10.3. The van der Waals surface area contributed by atoms with Crippen LogP contribution in [0.3, 0.4) is 0 Å². The molecule has 0 heterocycles. The summed E-state index contributed by atoms with van der Waals surface area (Å²) in [6.07, 6.45) is 3.10. The Balaban J connectivity index is 1.62. The standard InChI is InChI=1S/C25H25N3O3S2/c1-3-28(22-7-5-4-6-8-22)33(30,31)23-16-14-21(15-17-23)26-25(32)27-24(29)18-13-20-11-9-19(2)10-12-20/h4-18H,3H2,1-2H3,(H2,26,27,29,32)/b18-13+. The molecule has 3 aromatic rings. The quantitative estimate of drug-likeness (QED) is 0.378. The summed E-state index contributed by atoms with van der Waals surface area (Å²) in [6, 6.07) is 22.9. The molecule has 0 saturated carbocycles. The van der Waals surface area contributed by atoms with Crippen LogP contribution in [-0.4, -0.2) is 26.0 Å². The third-order valence-electron chi connectivity index (χ3n) is 4.77. The number of hydrogen-bond acceptors (Lipinski definition) is 4. The van der Waals surface area contributed by atoms with E-state index in [0.717, 1.165) is 11.1 Å². The molecule has 33 heavy (non-hydrogen) atoms. The zero-order valence-electron chi connectivity index (χ0n) is 18.4. The maximum atomic E-state index is 13.1. The number of aryl methyl sites for hydroxylation is 1. The average molecular weight is 480 g/mol. The smallest absolute Gasteiger partial charge is 0.264 e. The zero-order chi connectivity index (χ0) is 23.8. The molecule has 0 fully saturated rings. The van der Waals surface area contributed by atoms with Crippen molar-refractivity contribution in [1.82, 2.24) is 5.32 Å². The van der Waals surface area contributed by atoms with E-state index in [2.05, 4.69) is 10.6 Å². The molecule has 1 amide bonds. The Hall–Kier alpha value is -3.49. The Morgan fingerprint density at radius 1 is 0.970 bits per heavy atom. The minimum atomic E-state index is -3.71. The second-order valence-electron chi connectivity index (χ2n) is 7.22. The van der Waals surface area contributed by atoms with Crippen LogP contribution < -0.4 is 14.9 Å². The average Bonchev–Trinajstić information content (AvgIpc) is 2.80. The Kier molecular flexibility index (Phi) is 7.97. The van der Waals surface area contributed by atoms with E-state index in [1.54, 1.807) is 49.4 Å². The van der Waals surface area contributed by atoms with Gasteiger partial charge in [0.15, 0.2) is 5.11 Å². The van der Waals surface area contributed by atoms with Gasteiger partial charge in [-0.1, -0.05) is 48.0 Å². The molecule has 0 bridgehead atoms. The van der Waals surface area contributed by atoms with Crippen molar-refractivity contribution < 1.29 is 13.2 Å². The highest BCUT2D eigenvalue weighted by Crippen LogP contribution is 2.24. The number of nitrogens with zero attached hydrogens (tertiary/aromatic N) is 1. The van der Waals surface area contributed by atoms with Gasteiger partial charge in [0.05, 0.1) is 10.6 Å². The molecular formula is C25H25N3O3S2. The predicted molar refractivity (Wildman–Crippen MR) is 138 cm³/mol. The highest BCUT2D eigenvalue weighted by molar-refractivity contribution is 7.92. The first-order chi connectivity index (χ1) is 15.8. The van der Waals surface area contributed by atoms with Crippen molar-refractivity contribution in [2.24, 2.45) is 0 Å². The van der Waals surface area contributed by atoms with Gasteiger partial charge in [-0.3, -0.25) is 14.4 Å². The maximum absolute atomic E-state index is 13.1. The Labute approximate surface area is 200 Å². The number of rotatable bonds is 7. The van der Waals surface area contributed by atoms with Gasteiger partial charge in [0.2, 0.25) is 5.91 Å². The number of carbonyl (C=O) groups is 1. The fourth-order valence-electron chi connectivity index (χ4n) is 3.09. The summed E-state index contributed by atoms with van der Waals surface area (Å²) in [5.41, 5.74) is 3.21. The molecule has 0 radical (unpaired) electrons. The lowest BCUT2D eigenvalue weighted by Gasteiger charge is -2.23. The molecule has 8 heteroatoms. The first kappa shape index (κ1) is 24.2. The van der Waals surface area contributed by atoms with Gasteiger partial charge in [-0.05, 0) is 74.1 Å². The lowest BCUT2D eigenvalue weighted by molar-refractivity contribution is -0.115. The fraction of sp³-hybridized carbons (Fsp3) is 0.120. The molecule has 0 aliphatic rings. The van der Waals surface area contributed by atoms with Crippen LogP contribution >= 0.6 is 12.2 Å². The van der Waals surface area contributed by atoms with Crippen molar-refractivity contribution in [2.45, 2.75) is 18.7 Å². The number of sulfonamides is 1. The van der Waals surface area contributed by atoms with E-state index in [-0.39, 0.29) is 15.9 Å². The van der Waals surface area contributed by atoms with E-state index in [4.69, 9.17) is 12.2 Å². The van der Waals surface area contributed by atoms with E-state index in [0.29, 0.717) is 17.9 Å². The molecule has 0 saturated heterocycles. The molecule has 0 unspecified atom stereocenters. The molecule has 0 aromatic heterocycles. The normalized spacial score (nSPS) is 11.2. The van der Waals surface area contributed by atoms with E-state index >= 15 is 0 Å². The van der Waals surface area contributed by atoms with Gasteiger partial charge in [-0.2, -0.15) is 0 Å². The molecule has 0 aliphatic carbocycles. The third-order valence-corrected chi connectivity index (χ3v) is 6.89. The molecule has 170 valence electrons. The second kappa shape index (κ2) is 10.9. The van der Waals surface area contributed by atoms with E-state index in [9.17, 15) is 13.2 Å². The number of nitrogens with one attached hydrogen (secondary N) is 2. The van der Waals surface area contributed by atoms with Crippen LogP contribution in [0, 0.1) is 6.92 Å². The van der Waals surface area contributed by atoms with Gasteiger partial charge in [0.25, 0.3) is 10.0 Å². The summed E-state index contributed by atoms with van der Waals surface area (Å²) >= 11 is 5.19. The minimum Gasteiger partial charge on any atom is -0.332 e. The fourth-order valence-corrected chi connectivity index (χ4v) is 4.78. The zero-order valence-corrected chi connectivity index (χ0v) is 20.0. The number of amides is 1. The monoisotopic (exact) mass is 479 g/mol. The van der Waals surface area contributed by atoms with E-state index < -0.39 is 10.0 Å². The number of para-hydroxylation sites is 1. The van der Waals surface area contributed by atoms with Crippen molar-refractivity contribution in [3.63, 3.8) is 0 Å². The van der Waals surface area contributed by atoms with Gasteiger partial charge in [0, 0.05) is 18.3 Å². The lowest BCUT2D eigenvalue weighted by Crippen LogP contribution is -2.33. The van der Waals surface area contributed by atoms with Crippen molar-refractivity contribution in [2.75, 3.05) is 16.2 Å². The highest BCUT2D eigenvalue weighted by atomic mass is 32.2. The molecule has 2 N–H and O–H groups in total. The molecule has 0 atom stereocenters. The highest BCUT2D eigenvalue weighted by Gasteiger charge is 2.23. The summed E-state index contributed by atoms with van der Waals surface area (Å²) in [5.74, 6) is -0.367. The SMILES string of the molecule is CCN(c1ccccc1)S(=O)(=O)c1ccc(NC(=S)NC(=O)/C=C/c2ccc(C)cc2)cc1. The maximum Gasteiger partial charge on any atom is 0.264 e. The molecule has 3 aromatic carbocycles. The van der Waals surface area contributed by atoms with Gasteiger partial charge >= 0.3 is 0 Å². The van der Waals surface area contributed by atoms with Crippen molar-refractivity contribution in [1.29, 1.82) is 0 Å². The van der Waals surface area contributed by atoms with Gasteiger partial charge in [-0.25, -0.2) is 8.42 Å². The molecular weight excluding hydrogens is 454 g/mol. The largest absolute Gasteiger partial charge is 0.332 e. The lowest BCUT2D eigenvalue weighted by atomic mass is 10.1. The van der Waals surface area contributed by atoms with Gasteiger partial charge in [0.1, 0.15) is 0 Å². The van der Waals surface area contributed by atoms with Crippen molar-refractivity contribution in [3.05, 3.63) is 96.1 Å². The molecule has 3 rings (SSSR count). The minimum absolute atomic E-state index is 0.114. The second-order valence-corrected chi connectivity index (χ2v) is 9.49. The first-order valence-corrected chi connectivity index (χ1v) is 12.2. The summed E-state index contributed by atoms with van der Waals surface area (Å²) in [6.45, 7) is 4.09. The number of hydrogen-bond donors (Lipinski definition) is 2. The van der Waals surface area contributed by atoms with Crippen molar-refractivity contribution in [3.8, 4) is 0 Å². The number of benzene rings is 3. The van der Waals surface area contributed by atoms with E-state index in [1.807, 2.05) is 37.3 Å². The summed E-state index contributed by atoms with van der Waals surface area (Å²) < 4.78 is 27.5. The number of anilines is 2. The Morgan fingerprint density at radius 3 is 2.21 bits per heavy atom. The van der Waals surface area contributed by atoms with Crippen LogP contribution in [0.1, 0.15) is 18.1 Å². The molecule has 6 nitrogen and oxygen atoms in total. The summed E-state index contributed by atoms with van der Waals surface area (Å²) in [5, 5.41) is 5.58. The predicted octanol–water partition coefficient (Wildman–Crippen LogP) is 4.74.